The van der Waals surface area contributed by atoms with Crippen LogP contribution in [-0.4, -0.2) is 24.9 Å². The SMILES string of the molecule is NC(=O)C1C[Si]C[Si]C1. The molecule has 9 heavy (non-hydrogen) atoms. The average Bonchev–Trinajstić information content (AvgIpc) is 1.90. The van der Waals surface area contributed by atoms with Gasteiger partial charge in [0.05, 0.1) is 0 Å². The summed E-state index contributed by atoms with van der Waals surface area (Å²) < 4.78 is 0. The van der Waals surface area contributed by atoms with E-state index in [0.29, 0.717) is 0 Å². The highest BCUT2D eigenvalue weighted by Gasteiger charge is 2.18. The Kier molecular flexibility index (Phi) is 2.47. The molecule has 0 aliphatic carbocycles. The van der Waals surface area contributed by atoms with Crippen LogP contribution in [0.5, 0.6) is 0 Å². The zero-order valence-corrected chi connectivity index (χ0v) is 7.18. The molecule has 0 unspecified atom stereocenters. The molecule has 1 fully saturated rings. The number of hydrogen-bond donors (Lipinski definition) is 1. The van der Waals surface area contributed by atoms with Crippen molar-refractivity contribution in [2.24, 2.45) is 11.7 Å². The molecule has 2 nitrogen and oxygen atoms in total. The maximum Gasteiger partial charge on any atom is 0.219 e. The molecule has 0 atom stereocenters. The molecule has 1 saturated heterocycles. The van der Waals surface area contributed by atoms with E-state index in [1.165, 1.54) is 5.67 Å². The van der Waals surface area contributed by atoms with E-state index in [9.17, 15) is 4.79 Å². The van der Waals surface area contributed by atoms with Gasteiger partial charge in [-0.1, -0.05) is 17.8 Å². The quantitative estimate of drug-likeness (QED) is 0.520. The summed E-state index contributed by atoms with van der Waals surface area (Å²) in [5.74, 6) is 0.130. The van der Waals surface area contributed by atoms with E-state index >= 15 is 0 Å². The Labute approximate surface area is 59.8 Å². The van der Waals surface area contributed by atoms with Crippen LogP contribution >= 0.6 is 0 Å². The van der Waals surface area contributed by atoms with Gasteiger partial charge in [-0.15, -0.1) is 0 Å². The number of primary amides is 1. The summed E-state index contributed by atoms with van der Waals surface area (Å²) in [5.41, 5.74) is 6.47. The van der Waals surface area contributed by atoms with Gasteiger partial charge in [-0.3, -0.25) is 4.79 Å². The standard InChI is InChI=1S/C5H9NOSi2/c6-5(7)4-1-8-3-9-2-4/h4H,1-3H2,(H2,6,7). The smallest absolute Gasteiger partial charge is 0.219 e. The number of amides is 1. The van der Waals surface area contributed by atoms with Gasteiger partial charge in [0.15, 0.2) is 0 Å². The zero-order chi connectivity index (χ0) is 6.69. The number of rotatable bonds is 1. The highest BCUT2D eigenvalue weighted by Crippen LogP contribution is 2.14. The lowest BCUT2D eigenvalue weighted by atomic mass is 10.2. The second-order valence-corrected chi connectivity index (χ2v) is 5.42. The molecule has 4 heteroatoms. The minimum Gasteiger partial charge on any atom is -0.369 e. The molecule has 0 aromatic heterocycles. The lowest BCUT2D eigenvalue weighted by Gasteiger charge is -2.16. The Morgan fingerprint density at radius 1 is 1.44 bits per heavy atom. The van der Waals surface area contributed by atoms with Gasteiger partial charge in [0, 0.05) is 25.0 Å². The molecule has 1 aliphatic rings. The van der Waals surface area contributed by atoms with E-state index in [0.717, 1.165) is 31.1 Å². The van der Waals surface area contributed by atoms with E-state index in [-0.39, 0.29) is 11.8 Å². The molecule has 4 radical (unpaired) electrons. The van der Waals surface area contributed by atoms with Gasteiger partial charge in [0.25, 0.3) is 0 Å². The first-order valence-corrected chi connectivity index (χ1v) is 5.84. The van der Waals surface area contributed by atoms with Gasteiger partial charge in [-0.25, -0.2) is 0 Å². The average molecular weight is 155 g/mol. The highest BCUT2D eigenvalue weighted by atomic mass is 28.3. The minimum absolute atomic E-state index is 0.0882. The van der Waals surface area contributed by atoms with Crippen LogP contribution in [0.1, 0.15) is 0 Å². The van der Waals surface area contributed by atoms with Crippen molar-refractivity contribution in [3.63, 3.8) is 0 Å². The van der Waals surface area contributed by atoms with Crippen molar-refractivity contribution in [3.05, 3.63) is 0 Å². The maximum atomic E-state index is 10.6. The van der Waals surface area contributed by atoms with E-state index in [2.05, 4.69) is 0 Å². The normalized spacial score (nSPS) is 21.8. The van der Waals surface area contributed by atoms with Crippen LogP contribution in [0.25, 0.3) is 0 Å². The summed E-state index contributed by atoms with van der Waals surface area (Å²) in [7, 11) is 1.97. The fraction of sp³-hybridized carbons (Fsp3) is 0.800. The van der Waals surface area contributed by atoms with Crippen molar-refractivity contribution in [2.45, 2.75) is 17.8 Å². The summed E-state index contributed by atoms with van der Waals surface area (Å²) >= 11 is 0. The van der Waals surface area contributed by atoms with Crippen LogP contribution in [0.3, 0.4) is 0 Å². The van der Waals surface area contributed by atoms with Crippen molar-refractivity contribution >= 4 is 24.9 Å². The molecule has 0 aromatic rings. The van der Waals surface area contributed by atoms with Crippen LogP contribution in [0.4, 0.5) is 0 Å². The third-order valence-electron chi connectivity index (χ3n) is 1.43. The van der Waals surface area contributed by atoms with Crippen molar-refractivity contribution < 1.29 is 4.79 Å². The molecule has 1 aliphatic heterocycles. The highest BCUT2D eigenvalue weighted by molar-refractivity contribution is 6.58. The molecule has 1 heterocycles. The Hall–Kier alpha value is -0.0962. The topological polar surface area (TPSA) is 43.1 Å². The van der Waals surface area contributed by atoms with Crippen LogP contribution in [0.2, 0.25) is 17.8 Å². The predicted octanol–water partition coefficient (Wildman–Crippen LogP) is -0.278. The van der Waals surface area contributed by atoms with Crippen molar-refractivity contribution in [1.29, 1.82) is 0 Å². The fourth-order valence-corrected chi connectivity index (χ4v) is 4.39. The van der Waals surface area contributed by atoms with Crippen molar-refractivity contribution in [1.82, 2.24) is 0 Å². The minimum atomic E-state index is -0.0882. The molecule has 0 saturated carbocycles. The molecule has 1 rings (SSSR count). The van der Waals surface area contributed by atoms with Crippen LogP contribution in [0, 0.1) is 5.92 Å². The first-order valence-electron chi connectivity index (χ1n) is 3.01. The second-order valence-electron chi connectivity index (χ2n) is 2.18. The zero-order valence-electron chi connectivity index (χ0n) is 5.18. The first-order chi connectivity index (χ1) is 4.30. The summed E-state index contributed by atoms with van der Waals surface area (Å²) in [4.78, 5) is 10.6. The number of hydrogen-bond acceptors (Lipinski definition) is 1. The third-order valence-corrected chi connectivity index (χ3v) is 5.00. The van der Waals surface area contributed by atoms with E-state index in [4.69, 9.17) is 5.73 Å². The van der Waals surface area contributed by atoms with Gasteiger partial charge in [0.1, 0.15) is 0 Å². The lowest BCUT2D eigenvalue weighted by Crippen LogP contribution is -2.28. The molecule has 2 N–H and O–H groups in total. The third kappa shape index (κ3) is 1.94. The Bertz CT molecular complexity index is 112. The van der Waals surface area contributed by atoms with Gasteiger partial charge >= 0.3 is 0 Å². The largest absolute Gasteiger partial charge is 0.369 e. The van der Waals surface area contributed by atoms with Crippen LogP contribution in [-0.2, 0) is 4.79 Å². The van der Waals surface area contributed by atoms with Gasteiger partial charge in [0.2, 0.25) is 5.91 Å². The second kappa shape index (κ2) is 3.17. The Morgan fingerprint density at radius 3 is 2.33 bits per heavy atom. The first kappa shape index (κ1) is 7.02. The van der Waals surface area contributed by atoms with Gasteiger partial charge in [-0.2, -0.15) is 0 Å². The number of nitrogens with two attached hydrogens (primary N) is 1. The van der Waals surface area contributed by atoms with Crippen LogP contribution < -0.4 is 5.73 Å². The fourth-order valence-electron chi connectivity index (χ4n) is 0.855. The number of carbonyl (C=O) groups excluding carboxylic acids is 1. The molecule has 0 bridgehead atoms. The Morgan fingerprint density at radius 2 is 2.00 bits per heavy atom. The molecule has 0 aromatic carbocycles. The van der Waals surface area contributed by atoms with E-state index in [1.807, 2.05) is 0 Å². The molecule has 48 valence electrons. The van der Waals surface area contributed by atoms with E-state index < -0.39 is 0 Å². The van der Waals surface area contributed by atoms with Crippen molar-refractivity contribution in [2.75, 3.05) is 0 Å². The molecule has 1 amide bonds. The van der Waals surface area contributed by atoms with Gasteiger partial charge in [-0.05, 0) is 0 Å². The monoisotopic (exact) mass is 155 g/mol. The van der Waals surface area contributed by atoms with Gasteiger partial charge < -0.3 is 5.73 Å². The molecular formula is C5H9NOSi2. The summed E-state index contributed by atoms with van der Waals surface area (Å²) in [6.45, 7) is 0. The summed E-state index contributed by atoms with van der Waals surface area (Å²) in [6, 6.07) is 2.12. The predicted molar refractivity (Wildman–Crippen MR) is 38.6 cm³/mol. The maximum absolute atomic E-state index is 10.6. The summed E-state index contributed by atoms with van der Waals surface area (Å²) in [6.07, 6.45) is 0. The van der Waals surface area contributed by atoms with E-state index in [1.54, 1.807) is 0 Å². The number of carbonyl (C=O) groups is 1. The molecule has 0 spiro atoms. The molecular weight excluding hydrogens is 146 g/mol. The lowest BCUT2D eigenvalue weighted by molar-refractivity contribution is -0.120. The van der Waals surface area contributed by atoms with Crippen LogP contribution in [0.15, 0.2) is 0 Å². The Balaban J connectivity index is 2.31. The summed E-state index contributed by atoms with van der Waals surface area (Å²) in [5, 5.41) is 0. The van der Waals surface area contributed by atoms with Crippen molar-refractivity contribution in [3.8, 4) is 0 Å².